The lowest BCUT2D eigenvalue weighted by Gasteiger charge is -2.08. The highest BCUT2D eigenvalue weighted by Gasteiger charge is 2.28. The van der Waals surface area contributed by atoms with E-state index < -0.39 is 18.8 Å². The highest BCUT2D eigenvalue weighted by Crippen LogP contribution is 2.29. The van der Waals surface area contributed by atoms with Gasteiger partial charge in [0.15, 0.2) is 6.61 Å². The Labute approximate surface area is 105 Å². The standard InChI is InChI=1S/C12H9F3O4/c1-6-10(11(16)17)8-4-7(2-3-9(8)19-6)18-5-12(13,14)15/h2-4H,5H2,1H3,(H,16,17). The van der Waals surface area contributed by atoms with E-state index in [1.807, 2.05) is 0 Å². The number of ether oxygens (including phenoxy) is 1. The van der Waals surface area contributed by atoms with Gasteiger partial charge in [0.1, 0.15) is 22.7 Å². The lowest BCUT2D eigenvalue weighted by molar-refractivity contribution is -0.153. The monoisotopic (exact) mass is 274 g/mol. The summed E-state index contributed by atoms with van der Waals surface area (Å²) in [6, 6.07) is 3.89. The number of carboxylic acid groups (broad SMARTS) is 1. The van der Waals surface area contributed by atoms with Gasteiger partial charge in [0.2, 0.25) is 0 Å². The molecule has 0 amide bonds. The Morgan fingerprint density at radius 3 is 2.68 bits per heavy atom. The van der Waals surface area contributed by atoms with Gasteiger partial charge in [0.05, 0.1) is 0 Å². The van der Waals surface area contributed by atoms with Crippen LogP contribution in [0.4, 0.5) is 13.2 Å². The van der Waals surface area contributed by atoms with Crippen LogP contribution in [0.1, 0.15) is 16.1 Å². The van der Waals surface area contributed by atoms with Gasteiger partial charge in [0, 0.05) is 5.39 Å². The minimum atomic E-state index is -4.45. The van der Waals surface area contributed by atoms with Gasteiger partial charge in [-0.3, -0.25) is 0 Å². The molecule has 0 saturated heterocycles. The molecule has 0 bridgehead atoms. The Bertz CT molecular complexity index is 628. The number of hydrogen-bond acceptors (Lipinski definition) is 3. The van der Waals surface area contributed by atoms with Gasteiger partial charge in [-0.25, -0.2) is 4.79 Å². The van der Waals surface area contributed by atoms with E-state index in [0.717, 1.165) is 0 Å². The van der Waals surface area contributed by atoms with E-state index in [-0.39, 0.29) is 28.0 Å². The molecule has 0 atom stereocenters. The number of hydrogen-bond donors (Lipinski definition) is 1. The molecule has 1 heterocycles. The topological polar surface area (TPSA) is 59.7 Å². The second-order valence-electron chi connectivity index (χ2n) is 3.90. The molecular formula is C12H9F3O4. The molecule has 4 nitrogen and oxygen atoms in total. The largest absolute Gasteiger partial charge is 0.484 e. The normalized spacial score (nSPS) is 11.8. The summed E-state index contributed by atoms with van der Waals surface area (Å²) in [5.41, 5.74) is 0.210. The minimum absolute atomic E-state index is 0.0619. The number of carboxylic acids is 1. The van der Waals surface area contributed by atoms with Crippen LogP contribution in [0.5, 0.6) is 5.75 Å². The van der Waals surface area contributed by atoms with Crippen molar-refractivity contribution in [1.29, 1.82) is 0 Å². The highest BCUT2D eigenvalue weighted by atomic mass is 19.4. The van der Waals surface area contributed by atoms with Crippen molar-refractivity contribution in [3.8, 4) is 5.75 Å². The molecule has 2 rings (SSSR count). The van der Waals surface area contributed by atoms with Crippen LogP contribution in [0, 0.1) is 6.92 Å². The summed E-state index contributed by atoms with van der Waals surface area (Å²) in [4.78, 5) is 11.0. The fraction of sp³-hybridized carbons (Fsp3) is 0.250. The fourth-order valence-corrected chi connectivity index (χ4v) is 1.72. The number of halogens is 3. The summed E-state index contributed by atoms with van der Waals surface area (Å²) in [7, 11) is 0. The second-order valence-corrected chi connectivity index (χ2v) is 3.90. The van der Waals surface area contributed by atoms with Crippen LogP contribution in [0.3, 0.4) is 0 Å². The van der Waals surface area contributed by atoms with Crippen molar-refractivity contribution in [3.63, 3.8) is 0 Å². The Balaban J connectivity index is 2.39. The Hall–Kier alpha value is -2.18. The third-order valence-corrected chi connectivity index (χ3v) is 2.45. The number of furan rings is 1. The molecule has 0 aliphatic heterocycles. The van der Waals surface area contributed by atoms with Crippen LogP contribution in [0.25, 0.3) is 11.0 Å². The number of rotatable bonds is 3. The number of benzene rings is 1. The van der Waals surface area contributed by atoms with E-state index in [2.05, 4.69) is 4.74 Å². The van der Waals surface area contributed by atoms with E-state index in [1.54, 1.807) is 0 Å². The molecule has 0 aliphatic rings. The zero-order valence-electron chi connectivity index (χ0n) is 9.75. The van der Waals surface area contributed by atoms with Crippen molar-refractivity contribution < 1.29 is 32.2 Å². The smallest absolute Gasteiger partial charge is 0.422 e. The molecule has 0 fully saturated rings. The average molecular weight is 274 g/mol. The summed E-state index contributed by atoms with van der Waals surface area (Å²) in [5.74, 6) is -1.08. The molecule has 1 N–H and O–H groups in total. The van der Waals surface area contributed by atoms with Gasteiger partial charge in [-0.2, -0.15) is 13.2 Å². The molecule has 1 aromatic carbocycles. The van der Waals surface area contributed by atoms with Crippen molar-refractivity contribution in [2.45, 2.75) is 13.1 Å². The molecule has 0 saturated carbocycles. The maximum Gasteiger partial charge on any atom is 0.422 e. The first kappa shape index (κ1) is 13.3. The number of carbonyl (C=O) groups is 1. The molecule has 2 aromatic rings. The van der Waals surface area contributed by atoms with Crippen molar-refractivity contribution in [2.75, 3.05) is 6.61 Å². The van der Waals surface area contributed by atoms with E-state index in [1.165, 1.54) is 25.1 Å². The second kappa shape index (κ2) is 4.49. The predicted molar refractivity (Wildman–Crippen MR) is 59.5 cm³/mol. The third kappa shape index (κ3) is 2.81. The quantitative estimate of drug-likeness (QED) is 0.932. The number of aryl methyl sites for hydroxylation is 1. The first-order valence-electron chi connectivity index (χ1n) is 5.24. The van der Waals surface area contributed by atoms with E-state index in [0.29, 0.717) is 0 Å². The van der Waals surface area contributed by atoms with Crippen LogP contribution in [-0.2, 0) is 0 Å². The molecule has 0 unspecified atom stereocenters. The summed E-state index contributed by atoms with van der Waals surface area (Å²) < 4.78 is 45.9. The average Bonchev–Trinajstić information content (AvgIpc) is 2.60. The molecule has 19 heavy (non-hydrogen) atoms. The molecule has 102 valence electrons. The van der Waals surface area contributed by atoms with Gasteiger partial charge >= 0.3 is 12.1 Å². The molecular weight excluding hydrogens is 265 g/mol. The van der Waals surface area contributed by atoms with E-state index in [4.69, 9.17) is 9.52 Å². The lowest BCUT2D eigenvalue weighted by Crippen LogP contribution is -2.19. The SMILES string of the molecule is Cc1oc2ccc(OCC(F)(F)F)cc2c1C(=O)O. The molecule has 0 radical (unpaired) electrons. The summed E-state index contributed by atoms with van der Waals surface area (Å²) in [5, 5.41) is 9.23. The molecule has 0 spiro atoms. The van der Waals surface area contributed by atoms with Crippen LogP contribution in [0.15, 0.2) is 22.6 Å². The number of fused-ring (bicyclic) bond motifs is 1. The highest BCUT2D eigenvalue weighted by molar-refractivity contribution is 6.03. The summed E-state index contributed by atoms with van der Waals surface area (Å²) in [6.45, 7) is 0.0391. The Morgan fingerprint density at radius 2 is 2.11 bits per heavy atom. The van der Waals surface area contributed by atoms with E-state index >= 15 is 0 Å². The lowest BCUT2D eigenvalue weighted by atomic mass is 10.1. The Kier molecular flexibility index (Phi) is 3.13. The van der Waals surface area contributed by atoms with Crippen molar-refractivity contribution >= 4 is 16.9 Å². The zero-order chi connectivity index (χ0) is 14.2. The van der Waals surface area contributed by atoms with Crippen LogP contribution < -0.4 is 4.74 Å². The van der Waals surface area contributed by atoms with Gasteiger partial charge in [-0.05, 0) is 25.1 Å². The third-order valence-electron chi connectivity index (χ3n) is 2.45. The van der Waals surface area contributed by atoms with Crippen LogP contribution in [-0.4, -0.2) is 23.9 Å². The first-order chi connectivity index (χ1) is 8.78. The maximum atomic E-state index is 12.0. The Morgan fingerprint density at radius 1 is 1.42 bits per heavy atom. The summed E-state index contributed by atoms with van der Waals surface area (Å²) in [6.07, 6.45) is -4.45. The summed E-state index contributed by atoms with van der Waals surface area (Å²) >= 11 is 0. The molecule has 0 aliphatic carbocycles. The predicted octanol–water partition coefficient (Wildman–Crippen LogP) is 3.38. The van der Waals surface area contributed by atoms with Gasteiger partial charge in [0.25, 0.3) is 0 Å². The zero-order valence-corrected chi connectivity index (χ0v) is 9.75. The van der Waals surface area contributed by atoms with Crippen LogP contribution in [0.2, 0.25) is 0 Å². The van der Waals surface area contributed by atoms with Crippen molar-refractivity contribution in [1.82, 2.24) is 0 Å². The fourth-order valence-electron chi connectivity index (χ4n) is 1.72. The maximum absolute atomic E-state index is 12.0. The van der Waals surface area contributed by atoms with Crippen molar-refractivity contribution in [3.05, 3.63) is 29.5 Å². The number of aromatic carboxylic acids is 1. The number of alkyl halides is 3. The first-order valence-corrected chi connectivity index (χ1v) is 5.24. The molecule has 7 heteroatoms. The minimum Gasteiger partial charge on any atom is -0.484 e. The van der Waals surface area contributed by atoms with Gasteiger partial charge in [-0.1, -0.05) is 0 Å². The molecule has 1 aromatic heterocycles. The van der Waals surface area contributed by atoms with Gasteiger partial charge < -0.3 is 14.3 Å². The van der Waals surface area contributed by atoms with E-state index in [9.17, 15) is 18.0 Å². The van der Waals surface area contributed by atoms with Crippen molar-refractivity contribution in [2.24, 2.45) is 0 Å². The van der Waals surface area contributed by atoms with Crippen LogP contribution >= 0.6 is 0 Å². The van der Waals surface area contributed by atoms with Gasteiger partial charge in [-0.15, -0.1) is 0 Å².